The number of carbonyl (C=O) groups excluding carboxylic acids is 1. The fourth-order valence-electron chi connectivity index (χ4n) is 1.66. The van der Waals surface area contributed by atoms with Crippen molar-refractivity contribution in [2.24, 2.45) is 5.73 Å². The summed E-state index contributed by atoms with van der Waals surface area (Å²) in [5.41, 5.74) is 7.15. The lowest BCUT2D eigenvalue weighted by molar-refractivity contribution is -0.117. The van der Waals surface area contributed by atoms with E-state index in [0.717, 1.165) is 5.56 Å². The molecule has 0 aliphatic heterocycles. The Hall–Kier alpha value is -1.55. The first-order valence-electron chi connectivity index (χ1n) is 5.64. The maximum atomic E-state index is 12.0. The minimum atomic E-state index is -0.737. The molecule has 3 N–H and O–H groups in total. The zero-order chi connectivity index (χ0) is 13.8. The van der Waals surface area contributed by atoms with E-state index >= 15 is 0 Å². The maximum absolute atomic E-state index is 12.0. The summed E-state index contributed by atoms with van der Waals surface area (Å²) < 4.78 is 0. The Bertz CT molecular complexity index is 567. The molecule has 1 amide bonds. The smallest absolute Gasteiger partial charge is 0.245 e. The van der Waals surface area contributed by atoms with Gasteiger partial charge in [0, 0.05) is 15.7 Å². The lowest BCUT2D eigenvalue weighted by Gasteiger charge is -2.13. The van der Waals surface area contributed by atoms with Gasteiger partial charge in [-0.15, -0.1) is 0 Å². The lowest BCUT2D eigenvalue weighted by Crippen LogP contribution is -2.27. The number of hydrogen-bond donors (Lipinski definition) is 2. The number of amides is 1. The van der Waals surface area contributed by atoms with Crippen molar-refractivity contribution in [1.29, 1.82) is 0 Å². The van der Waals surface area contributed by atoms with Crippen LogP contribution in [0.3, 0.4) is 0 Å². The molecule has 0 aliphatic carbocycles. The standard InChI is InChI=1S/C14H12Cl2N2O/c15-10-6-11(16)8-12(7-10)18-14(19)13(17)9-4-2-1-3-5-9/h1-8,13H,17H2,(H,18,19)/t13-/m0/s1. The first kappa shape index (κ1) is 13.9. The summed E-state index contributed by atoms with van der Waals surface area (Å²) in [6.45, 7) is 0. The van der Waals surface area contributed by atoms with E-state index in [9.17, 15) is 4.79 Å². The molecular weight excluding hydrogens is 283 g/mol. The molecule has 0 aromatic heterocycles. The molecule has 0 bridgehead atoms. The Morgan fingerprint density at radius 1 is 1.05 bits per heavy atom. The molecule has 2 rings (SSSR count). The highest BCUT2D eigenvalue weighted by atomic mass is 35.5. The Labute approximate surface area is 121 Å². The van der Waals surface area contributed by atoms with Crippen LogP contribution in [0.15, 0.2) is 48.5 Å². The molecule has 2 aromatic rings. The molecule has 0 radical (unpaired) electrons. The van der Waals surface area contributed by atoms with Gasteiger partial charge in [0.05, 0.1) is 0 Å². The van der Waals surface area contributed by atoms with Crippen LogP contribution in [-0.2, 0) is 4.79 Å². The van der Waals surface area contributed by atoms with Gasteiger partial charge in [-0.25, -0.2) is 0 Å². The number of nitrogens with one attached hydrogen (secondary N) is 1. The van der Waals surface area contributed by atoms with Crippen molar-refractivity contribution in [2.45, 2.75) is 6.04 Å². The highest BCUT2D eigenvalue weighted by molar-refractivity contribution is 6.35. The second kappa shape index (κ2) is 6.06. The van der Waals surface area contributed by atoms with E-state index in [2.05, 4.69) is 5.32 Å². The van der Waals surface area contributed by atoms with E-state index in [-0.39, 0.29) is 5.91 Å². The van der Waals surface area contributed by atoms with Crippen molar-refractivity contribution >= 4 is 34.8 Å². The lowest BCUT2D eigenvalue weighted by atomic mass is 10.1. The number of benzene rings is 2. The van der Waals surface area contributed by atoms with Crippen LogP contribution in [0.5, 0.6) is 0 Å². The van der Waals surface area contributed by atoms with E-state index in [1.54, 1.807) is 30.3 Å². The summed E-state index contributed by atoms with van der Waals surface area (Å²) in [6.07, 6.45) is 0. The van der Waals surface area contributed by atoms with E-state index < -0.39 is 6.04 Å². The van der Waals surface area contributed by atoms with Crippen LogP contribution in [0.2, 0.25) is 10.0 Å². The van der Waals surface area contributed by atoms with Crippen LogP contribution < -0.4 is 11.1 Å². The highest BCUT2D eigenvalue weighted by Gasteiger charge is 2.15. The number of nitrogens with two attached hydrogens (primary N) is 1. The molecule has 0 unspecified atom stereocenters. The van der Waals surface area contributed by atoms with Gasteiger partial charge in [0.2, 0.25) is 5.91 Å². The van der Waals surface area contributed by atoms with Crippen LogP contribution in [0.1, 0.15) is 11.6 Å². The third-order valence-electron chi connectivity index (χ3n) is 2.57. The molecule has 98 valence electrons. The zero-order valence-corrected chi connectivity index (χ0v) is 11.4. The highest BCUT2D eigenvalue weighted by Crippen LogP contribution is 2.23. The number of anilines is 1. The molecule has 0 fully saturated rings. The van der Waals surface area contributed by atoms with Crippen LogP contribution in [0.4, 0.5) is 5.69 Å². The van der Waals surface area contributed by atoms with E-state index in [1.807, 2.05) is 18.2 Å². The van der Waals surface area contributed by atoms with Gasteiger partial charge in [-0.2, -0.15) is 0 Å². The molecule has 0 aliphatic rings. The predicted octanol–water partition coefficient (Wildman–Crippen LogP) is 3.63. The SMILES string of the molecule is N[C@H](C(=O)Nc1cc(Cl)cc(Cl)c1)c1ccccc1. The van der Waals surface area contributed by atoms with Crippen LogP contribution in [0.25, 0.3) is 0 Å². The zero-order valence-electron chi connectivity index (χ0n) is 9.94. The normalized spacial score (nSPS) is 11.9. The number of hydrogen-bond acceptors (Lipinski definition) is 2. The van der Waals surface area contributed by atoms with E-state index in [1.165, 1.54) is 0 Å². The molecule has 19 heavy (non-hydrogen) atoms. The Morgan fingerprint density at radius 2 is 1.63 bits per heavy atom. The molecule has 5 heteroatoms. The molecule has 3 nitrogen and oxygen atoms in total. The summed E-state index contributed by atoms with van der Waals surface area (Å²) in [7, 11) is 0. The van der Waals surface area contributed by atoms with Gasteiger partial charge in [0.15, 0.2) is 0 Å². The van der Waals surface area contributed by atoms with Crippen molar-refractivity contribution in [3.63, 3.8) is 0 Å². The summed E-state index contributed by atoms with van der Waals surface area (Å²) in [5, 5.41) is 3.60. The second-order valence-electron chi connectivity index (χ2n) is 4.04. The van der Waals surface area contributed by atoms with Crippen molar-refractivity contribution in [2.75, 3.05) is 5.32 Å². The van der Waals surface area contributed by atoms with Crippen LogP contribution >= 0.6 is 23.2 Å². The van der Waals surface area contributed by atoms with Crippen molar-refractivity contribution in [3.8, 4) is 0 Å². The molecule has 0 saturated heterocycles. The summed E-state index contributed by atoms with van der Waals surface area (Å²) in [6, 6.07) is 13.2. The van der Waals surface area contributed by atoms with Gasteiger partial charge in [0.25, 0.3) is 0 Å². The molecule has 0 heterocycles. The Balaban J connectivity index is 2.13. The summed E-state index contributed by atoms with van der Waals surface area (Å²) in [4.78, 5) is 12.0. The number of carbonyl (C=O) groups is 1. The van der Waals surface area contributed by atoms with Crippen LogP contribution in [-0.4, -0.2) is 5.91 Å². The van der Waals surface area contributed by atoms with Crippen LogP contribution in [0, 0.1) is 0 Å². The van der Waals surface area contributed by atoms with Gasteiger partial charge < -0.3 is 11.1 Å². The van der Waals surface area contributed by atoms with Crippen molar-refractivity contribution in [3.05, 3.63) is 64.1 Å². The van der Waals surface area contributed by atoms with E-state index in [4.69, 9.17) is 28.9 Å². The predicted molar refractivity (Wildman–Crippen MR) is 78.5 cm³/mol. The first-order chi connectivity index (χ1) is 9.06. The Morgan fingerprint density at radius 3 is 2.21 bits per heavy atom. The third-order valence-corrected chi connectivity index (χ3v) is 3.01. The maximum Gasteiger partial charge on any atom is 0.245 e. The van der Waals surface area contributed by atoms with Gasteiger partial charge in [-0.1, -0.05) is 53.5 Å². The minimum Gasteiger partial charge on any atom is -0.324 e. The van der Waals surface area contributed by atoms with Gasteiger partial charge in [-0.05, 0) is 23.8 Å². The fraction of sp³-hybridized carbons (Fsp3) is 0.0714. The first-order valence-corrected chi connectivity index (χ1v) is 6.39. The van der Waals surface area contributed by atoms with Crippen molar-refractivity contribution < 1.29 is 4.79 Å². The molecule has 0 spiro atoms. The molecular formula is C14H12Cl2N2O. The second-order valence-corrected chi connectivity index (χ2v) is 4.91. The summed E-state index contributed by atoms with van der Waals surface area (Å²) in [5.74, 6) is -0.315. The monoisotopic (exact) mass is 294 g/mol. The van der Waals surface area contributed by atoms with Crippen molar-refractivity contribution in [1.82, 2.24) is 0 Å². The molecule has 1 atom stereocenters. The quantitative estimate of drug-likeness (QED) is 0.908. The topological polar surface area (TPSA) is 55.1 Å². The number of rotatable bonds is 3. The molecule has 0 saturated carbocycles. The fourth-order valence-corrected chi connectivity index (χ4v) is 2.18. The minimum absolute atomic E-state index is 0.315. The largest absolute Gasteiger partial charge is 0.324 e. The average molecular weight is 295 g/mol. The number of halogens is 2. The average Bonchev–Trinajstić information content (AvgIpc) is 2.37. The third kappa shape index (κ3) is 3.70. The Kier molecular flexibility index (Phi) is 4.43. The van der Waals surface area contributed by atoms with Gasteiger partial charge in [0.1, 0.15) is 6.04 Å². The van der Waals surface area contributed by atoms with Gasteiger partial charge >= 0.3 is 0 Å². The van der Waals surface area contributed by atoms with E-state index in [0.29, 0.717) is 15.7 Å². The summed E-state index contributed by atoms with van der Waals surface area (Å²) >= 11 is 11.7. The molecule has 2 aromatic carbocycles. The van der Waals surface area contributed by atoms with Gasteiger partial charge in [-0.3, -0.25) is 4.79 Å².